The molecular weight excluding hydrogens is 512 g/mol. The summed E-state index contributed by atoms with van der Waals surface area (Å²) in [5, 5.41) is 7.88. The molecule has 1 saturated heterocycles. The third kappa shape index (κ3) is 10.1. The van der Waals surface area contributed by atoms with Gasteiger partial charge in [0.1, 0.15) is 23.7 Å². The summed E-state index contributed by atoms with van der Waals surface area (Å²) in [5.41, 5.74) is -0.783. The molecule has 0 saturated carbocycles. The zero-order chi connectivity index (χ0) is 29.2. The lowest BCUT2D eigenvalue weighted by molar-refractivity contribution is -0.148. The fourth-order valence-corrected chi connectivity index (χ4v) is 4.10. The summed E-state index contributed by atoms with van der Waals surface area (Å²) in [4.78, 5) is 66.1. The number of esters is 1. The van der Waals surface area contributed by atoms with Gasteiger partial charge in [-0.1, -0.05) is 26.0 Å². The summed E-state index contributed by atoms with van der Waals surface area (Å²) in [6.45, 7) is 8.84. The highest BCUT2D eigenvalue weighted by molar-refractivity contribution is 5.95. The van der Waals surface area contributed by atoms with E-state index in [1.165, 1.54) is 12.0 Å². The van der Waals surface area contributed by atoms with E-state index in [9.17, 15) is 24.0 Å². The van der Waals surface area contributed by atoms with Crippen molar-refractivity contribution in [3.63, 3.8) is 0 Å². The minimum absolute atomic E-state index is 0.0995. The van der Waals surface area contributed by atoms with E-state index in [0.29, 0.717) is 19.4 Å². The molecule has 2 rings (SSSR count). The van der Waals surface area contributed by atoms with Crippen molar-refractivity contribution in [1.29, 1.82) is 0 Å². The van der Waals surface area contributed by atoms with Gasteiger partial charge < -0.3 is 39.8 Å². The summed E-state index contributed by atoms with van der Waals surface area (Å²) < 4.78 is 21.2. The van der Waals surface area contributed by atoms with Crippen LogP contribution >= 0.6 is 0 Å². The van der Waals surface area contributed by atoms with Crippen LogP contribution < -0.4 is 16.0 Å². The minimum atomic E-state index is -1.14. The number of rotatable bonds is 3. The molecule has 3 N–H and O–H groups in total. The van der Waals surface area contributed by atoms with Gasteiger partial charge in [-0.05, 0) is 39.5 Å². The quantitative estimate of drug-likeness (QED) is 0.328. The van der Waals surface area contributed by atoms with E-state index < -0.39 is 59.6 Å². The van der Waals surface area contributed by atoms with Gasteiger partial charge in [-0.25, -0.2) is 9.59 Å². The average Bonchev–Trinajstić information content (AvgIpc) is 3.34. The van der Waals surface area contributed by atoms with Gasteiger partial charge in [0.2, 0.25) is 17.7 Å². The number of fused-ring (bicyclic) bond motifs is 1. The first-order valence-electron chi connectivity index (χ1n) is 13.1. The number of ether oxygens (including phenoxy) is 4. The number of hydrogen-bond donors (Lipinski definition) is 3. The number of hydrogen-bond acceptors (Lipinski definition) is 9. The maximum absolute atomic E-state index is 13.6. The molecular formula is C26H42N4O9. The minimum Gasteiger partial charge on any atom is -0.467 e. The van der Waals surface area contributed by atoms with E-state index in [-0.39, 0.29) is 32.3 Å². The first-order chi connectivity index (χ1) is 18.3. The Labute approximate surface area is 229 Å². The molecule has 39 heavy (non-hydrogen) atoms. The molecule has 220 valence electrons. The highest BCUT2D eigenvalue weighted by atomic mass is 16.6. The van der Waals surface area contributed by atoms with Crippen LogP contribution in [0.1, 0.15) is 47.5 Å². The monoisotopic (exact) mass is 554 g/mol. The smallest absolute Gasteiger partial charge is 0.408 e. The molecule has 4 amide bonds. The maximum atomic E-state index is 13.6. The molecule has 0 aromatic heterocycles. The molecule has 0 bridgehead atoms. The van der Waals surface area contributed by atoms with E-state index in [1.54, 1.807) is 46.8 Å². The Kier molecular flexibility index (Phi) is 12.2. The van der Waals surface area contributed by atoms with Crippen LogP contribution in [-0.2, 0) is 38.1 Å². The fraction of sp³-hybridized carbons (Fsp3) is 0.731. The Bertz CT molecular complexity index is 916. The number of nitrogens with one attached hydrogen (secondary N) is 3. The Morgan fingerprint density at radius 1 is 1.05 bits per heavy atom. The summed E-state index contributed by atoms with van der Waals surface area (Å²) in [6.07, 6.45) is 3.46. The molecule has 2 aliphatic rings. The lowest BCUT2D eigenvalue weighted by Crippen LogP contribution is -2.59. The van der Waals surface area contributed by atoms with Gasteiger partial charge in [0, 0.05) is 6.54 Å². The van der Waals surface area contributed by atoms with Crippen LogP contribution in [0.5, 0.6) is 0 Å². The number of carbonyl (C=O) groups is 5. The van der Waals surface area contributed by atoms with E-state index in [0.717, 1.165) is 0 Å². The van der Waals surface area contributed by atoms with Crippen LogP contribution in [0, 0.1) is 5.92 Å². The van der Waals surface area contributed by atoms with Crippen molar-refractivity contribution >= 4 is 29.8 Å². The number of amides is 4. The van der Waals surface area contributed by atoms with Crippen molar-refractivity contribution in [2.75, 3.05) is 40.1 Å². The third-order valence-corrected chi connectivity index (χ3v) is 6.04. The van der Waals surface area contributed by atoms with Gasteiger partial charge in [0.25, 0.3) is 0 Å². The van der Waals surface area contributed by atoms with Crippen LogP contribution in [0.15, 0.2) is 12.2 Å². The summed E-state index contributed by atoms with van der Waals surface area (Å²) in [7, 11) is 1.21. The molecule has 0 aromatic rings. The number of alkyl carbamates (subject to hydrolysis) is 1. The zero-order valence-electron chi connectivity index (χ0n) is 23.6. The second-order valence-corrected chi connectivity index (χ2v) is 10.7. The molecule has 13 nitrogen and oxygen atoms in total. The first-order valence-corrected chi connectivity index (χ1v) is 13.1. The van der Waals surface area contributed by atoms with Crippen LogP contribution in [0.25, 0.3) is 0 Å². The fourth-order valence-electron chi connectivity index (χ4n) is 4.10. The zero-order valence-corrected chi connectivity index (χ0v) is 23.6. The van der Waals surface area contributed by atoms with Crippen molar-refractivity contribution < 1.29 is 42.9 Å². The van der Waals surface area contributed by atoms with Gasteiger partial charge in [0.05, 0.1) is 33.5 Å². The number of nitrogens with zero attached hydrogens (tertiary/aromatic N) is 1. The highest BCUT2D eigenvalue weighted by Gasteiger charge is 2.40. The van der Waals surface area contributed by atoms with Crippen molar-refractivity contribution in [2.45, 2.75) is 77.2 Å². The molecule has 0 aromatic carbocycles. The molecule has 4 atom stereocenters. The molecule has 0 unspecified atom stereocenters. The van der Waals surface area contributed by atoms with Crippen LogP contribution in [0.2, 0.25) is 0 Å². The van der Waals surface area contributed by atoms with Crippen LogP contribution in [0.3, 0.4) is 0 Å². The highest BCUT2D eigenvalue weighted by Crippen LogP contribution is 2.21. The molecule has 1 fully saturated rings. The van der Waals surface area contributed by atoms with E-state index in [4.69, 9.17) is 18.9 Å². The van der Waals surface area contributed by atoms with Crippen molar-refractivity contribution in [2.24, 2.45) is 5.92 Å². The lowest BCUT2D eigenvalue weighted by Gasteiger charge is -2.32. The van der Waals surface area contributed by atoms with E-state index in [2.05, 4.69) is 16.0 Å². The predicted molar refractivity (Wildman–Crippen MR) is 139 cm³/mol. The molecule has 2 aliphatic heterocycles. The molecule has 0 spiro atoms. The second-order valence-electron chi connectivity index (χ2n) is 10.7. The third-order valence-electron chi connectivity index (χ3n) is 6.04. The second kappa shape index (κ2) is 14.8. The van der Waals surface area contributed by atoms with E-state index in [1.807, 2.05) is 0 Å². The van der Waals surface area contributed by atoms with Crippen LogP contribution in [-0.4, -0.2) is 105 Å². The normalized spacial score (nSPS) is 26.9. The average molecular weight is 555 g/mol. The summed E-state index contributed by atoms with van der Waals surface area (Å²) in [5.74, 6) is -2.59. The standard InChI is InChI=1S/C26H42N4O9/c1-16(2)20-23(33)30-11-9-10-19(30)22(32)27-18(24(34)36-6)15-38-13-8-7-12-37-14-17(21(31)29-20)28-25(35)39-26(3,4)5/h7-8,16-20H,9-15H2,1-6H3,(H,27,32)(H,28,35)(H,29,31)/b8-7-/t17-,18-,19-,20-/m0/s1. The first kappa shape index (κ1) is 32.0. The predicted octanol–water partition coefficient (Wildman–Crippen LogP) is 0.272. The van der Waals surface area contributed by atoms with Crippen LogP contribution in [0.4, 0.5) is 4.79 Å². The lowest BCUT2D eigenvalue weighted by atomic mass is 10.0. The largest absolute Gasteiger partial charge is 0.467 e. The van der Waals surface area contributed by atoms with Gasteiger partial charge in [-0.15, -0.1) is 0 Å². The summed E-state index contributed by atoms with van der Waals surface area (Å²) >= 11 is 0. The van der Waals surface area contributed by atoms with Gasteiger partial charge >= 0.3 is 12.1 Å². The molecule has 0 radical (unpaired) electrons. The van der Waals surface area contributed by atoms with Crippen molar-refractivity contribution in [1.82, 2.24) is 20.9 Å². The number of methoxy groups -OCH3 is 1. The maximum Gasteiger partial charge on any atom is 0.408 e. The van der Waals surface area contributed by atoms with Gasteiger partial charge in [0.15, 0.2) is 6.04 Å². The molecule has 0 aliphatic carbocycles. The van der Waals surface area contributed by atoms with Gasteiger partial charge in [-0.2, -0.15) is 0 Å². The Balaban J connectivity index is 2.31. The summed E-state index contributed by atoms with van der Waals surface area (Å²) in [6, 6.07) is -4.01. The molecule has 2 heterocycles. The van der Waals surface area contributed by atoms with Crippen molar-refractivity contribution in [3.05, 3.63) is 12.2 Å². The SMILES string of the molecule is COC(=O)[C@@H]1COC/C=C\COC[C@H](NC(=O)OC(C)(C)C)C(=O)N[C@@H](C(C)C)C(=O)N2CCC[C@H]2C(=O)N1. The van der Waals surface area contributed by atoms with Crippen molar-refractivity contribution in [3.8, 4) is 0 Å². The van der Waals surface area contributed by atoms with E-state index >= 15 is 0 Å². The Hall–Kier alpha value is -3.19. The van der Waals surface area contributed by atoms with Gasteiger partial charge in [-0.3, -0.25) is 14.4 Å². The molecule has 13 heteroatoms. The topological polar surface area (TPSA) is 162 Å². The number of carbonyl (C=O) groups excluding carboxylic acids is 5. The Morgan fingerprint density at radius 2 is 1.69 bits per heavy atom. The Morgan fingerprint density at radius 3 is 2.28 bits per heavy atom.